The highest BCUT2D eigenvalue weighted by Crippen LogP contribution is 2.36. The van der Waals surface area contributed by atoms with Crippen LogP contribution in [0.25, 0.3) is 11.6 Å². The van der Waals surface area contributed by atoms with Crippen LogP contribution < -0.4 is 4.74 Å². The first-order chi connectivity index (χ1) is 11.5. The van der Waals surface area contributed by atoms with Crippen molar-refractivity contribution in [1.29, 1.82) is 0 Å². The molecule has 4 nitrogen and oxygen atoms in total. The highest BCUT2D eigenvalue weighted by atomic mass is 35.5. The van der Waals surface area contributed by atoms with Crippen molar-refractivity contribution >= 4 is 29.2 Å². The van der Waals surface area contributed by atoms with Gasteiger partial charge in [0.1, 0.15) is 0 Å². The highest BCUT2D eigenvalue weighted by Gasteiger charge is 2.13. The fourth-order valence-corrected chi connectivity index (χ4v) is 2.52. The summed E-state index contributed by atoms with van der Waals surface area (Å²) in [7, 11) is 0. The van der Waals surface area contributed by atoms with Crippen molar-refractivity contribution in [2.45, 2.75) is 20.3 Å². The minimum atomic E-state index is -1.04. The first kappa shape index (κ1) is 17.9. The molecule has 0 aliphatic rings. The molecule has 0 heterocycles. The van der Waals surface area contributed by atoms with Gasteiger partial charge in [-0.05, 0) is 48.2 Å². The van der Waals surface area contributed by atoms with Gasteiger partial charge in [-0.25, -0.2) is 4.79 Å². The summed E-state index contributed by atoms with van der Waals surface area (Å²) < 4.78 is 5.33. The van der Waals surface area contributed by atoms with Crippen molar-refractivity contribution < 1.29 is 19.7 Å². The van der Waals surface area contributed by atoms with Gasteiger partial charge in [-0.2, -0.15) is 0 Å². The molecule has 0 aromatic heterocycles. The van der Waals surface area contributed by atoms with E-state index in [2.05, 4.69) is 0 Å². The lowest BCUT2D eigenvalue weighted by atomic mass is 10.0. The van der Waals surface area contributed by atoms with Gasteiger partial charge in [0.25, 0.3) is 0 Å². The normalized spacial score (nSPS) is 11.4. The summed E-state index contributed by atoms with van der Waals surface area (Å²) in [5.41, 5.74) is 2.41. The summed E-state index contributed by atoms with van der Waals surface area (Å²) in [6.07, 6.45) is 2.40. The van der Waals surface area contributed by atoms with E-state index in [1.807, 2.05) is 19.1 Å². The molecule has 24 heavy (non-hydrogen) atoms. The second-order valence-electron chi connectivity index (χ2n) is 5.20. The Hall–Kier alpha value is -2.46. The lowest BCUT2D eigenvalue weighted by Gasteiger charge is -2.09. The zero-order valence-corrected chi connectivity index (χ0v) is 14.3. The standard InChI is InChI=1S/C19H19ClO4/c1-3-12-5-7-14(8-6-12)15(19(22)23)9-13-10-16(20)18(21)17(11-13)24-4-2/h5-11,21H,3-4H2,1-2H3,(H,22,23)/b15-9-. The molecule has 0 bridgehead atoms. The van der Waals surface area contributed by atoms with E-state index in [1.165, 1.54) is 12.1 Å². The van der Waals surface area contributed by atoms with Crippen molar-refractivity contribution in [3.8, 4) is 11.5 Å². The molecule has 126 valence electrons. The van der Waals surface area contributed by atoms with Crippen LogP contribution in [-0.4, -0.2) is 22.8 Å². The molecule has 5 heteroatoms. The van der Waals surface area contributed by atoms with Crippen molar-refractivity contribution in [3.05, 3.63) is 58.1 Å². The molecule has 0 aliphatic heterocycles. The van der Waals surface area contributed by atoms with Gasteiger partial charge in [-0.1, -0.05) is 42.8 Å². The Morgan fingerprint density at radius 1 is 1.21 bits per heavy atom. The Labute approximate surface area is 146 Å². The Morgan fingerprint density at radius 3 is 2.42 bits per heavy atom. The van der Waals surface area contributed by atoms with Crippen LogP contribution in [0.4, 0.5) is 0 Å². The molecule has 0 amide bonds. The molecule has 0 radical (unpaired) electrons. The first-order valence-electron chi connectivity index (χ1n) is 7.65. The van der Waals surface area contributed by atoms with Gasteiger partial charge >= 0.3 is 5.97 Å². The van der Waals surface area contributed by atoms with E-state index in [4.69, 9.17) is 16.3 Å². The van der Waals surface area contributed by atoms with Crippen LogP contribution in [0.1, 0.15) is 30.5 Å². The third-order valence-electron chi connectivity index (χ3n) is 3.57. The van der Waals surface area contributed by atoms with Crippen LogP contribution in [-0.2, 0) is 11.2 Å². The van der Waals surface area contributed by atoms with Crippen LogP contribution in [0.5, 0.6) is 11.5 Å². The number of phenolic OH excluding ortho intramolecular Hbond substituents is 1. The zero-order valence-electron chi connectivity index (χ0n) is 13.5. The quantitative estimate of drug-likeness (QED) is 0.591. The van der Waals surface area contributed by atoms with Gasteiger partial charge in [-0.3, -0.25) is 0 Å². The average molecular weight is 347 g/mol. The van der Waals surface area contributed by atoms with E-state index in [0.29, 0.717) is 17.7 Å². The zero-order chi connectivity index (χ0) is 17.7. The van der Waals surface area contributed by atoms with Gasteiger partial charge in [0.2, 0.25) is 0 Å². The maximum absolute atomic E-state index is 11.6. The minimum absolute atomic E-state index is 0.110. The van der Waals surface area contributed by atoms with Crippen molar-refractivity contribution in [2.24, 2.45) is 0 Å². The van der Waals surface area contributed by atoms with Gasteiger partial charge in [0.05, 0.1) is 17.2 Å². The molecule has 2 N–H and O–H groups in total. The molecule has 0 atom stereocenters. The van der Waals surface area contributed by atoms with Crippen LogP contribution in [0.2, 0.25) is 5.02 Å². The fourth-order valence-electron chi connectivity index (χ4n) is 2.30. The number of ether oxygens (including phenoxy) is 1. The highest BCUT2D eigenvalue weighted by molar-refractivity contribution is 6.32. The summed E-state index contributed by atoms with van der Waals surface area (Å²) >= 11 is 6.00. The minimum Gasteiger partial charge on any atom is -0.503 e. The summed E-state index contributed by atoms with van der Waals surface area (Å²) in [6, 6.07) is 10.4. The van der Waals surface area contributed by atoms with E-state index in [-0.39, 0.29) is 22.1 Å². The summed E-state index contributed by atoms with van der Waals surface area (Å²) in [5.74, 6) is -0.969. The SMILES string of the molecule is CCOc1cc(/C=C(\C(=O)O)c2ccc(CC)cc2)cc(Cl)c1O. The summed E-state index contributed by atoms with van der Waals surface area (Å²) in [4.78, 5) is 11.6. The second-order valence-corrected chi connectivity index (χ2v) is 5.60. The largest absolute Gasteiger partial charge is 0.503 e. The van der Waals surface area contributed by atoms with Gasteiger partial charge in [0, 0.05) is 0 Å². The second kappa shape index (κ2) is 7.88. The molecule has 2 rings (SSSR count). The van der Waals surface area contributed by atoms with Gasteiger partial charge in [0.15, 0.2) is 11.5 Å². The molecule has 0 unspecified atom stereocenters. The number of carboxylic acids is 1. The number of halogens is 1. The first-order valence-corrected chi connectivity index (χ1v) is 8.03. The summed E-state index contributed by atoms with van der Waals surface area (Å²) in [5, 5.41) is 19.5. The molecular formula is C19H19ClO4. The molecule has 0 fully saturated rings. The van der Waals surface area contributed by atoms with Gasteiger partial charge in [-0.15, -0.1) is 0 Å². The number of hydrogen-bond acceptors (Lipinski definition) is 3. The number of carboxylic acid groups (broad SMARTS) is 1. The maximum atomic E-state index is 11.6. The Balaban J connectivity index is 2.49. The molecular weight excluding hydrogens is 328 g/mol. The Bertz CT molecular complexity index is 764. The third kappa shape index (κ3) is 4.09. The van der Waals surface area contributed by atoms with E-state index in [1.54, 1.807) is 25.1 Å². The van der Waals surface area contributed by atoms with E-state index in [0.717, 1.165) is 12.0 Å². The number of benzene rings is 2. The van der Waals surface area contributed by atoms with E-state index >= 15 is 0 Å². The number of aliphatic carboxylic acids is 1. The number of aryl methyl sites for hydroxylation is 1. The van der Waals surface area contributed by atoms with Gasteiger partial charge < -0.3 is 14.9 Å². The summed E-state index contributed by atoms with van der Waals surface area (Å²) in [6.45, 7) is 4.19. The molecule has 2 aromatic rings. The molecule has 0 aliphatic carbocycles. The number of phenols is 1. The Morgan fingerprint density at radius 2 is 1.88 bits per heavy atom. The maximum Gasteiger partial charge on any atom is 0.336 e. The number of aromatic hydroxyl groups is 1. The molecule has 0 saturated carbocycles. The lowest BCUT2D eigenvalue weighted by molar-refractivity contribution is -0.130. The lowest BCUT2D eigenvalue weighted by Crippen LogP contribution is -2.00. The molecule has 2 aromatic carbocycles. The number of hydrogen-bond donors (Lipinski definition) is 2. The van der Waals surface area contributed by atoms with Crippen LogP contribution in [0.15, 0.2) is 36.4 Å². The fraction of sp³-hybridized carbons (Fsp3) is 0.211. The number of carbonyl (C=O) groups is 1. The van der Waals surface area contributed by atoms with Crippen LogP contribution >= 0.6 is 11.6 Å². The van der Waals surface area contributed by atoms with Crippen LogP contribution in [0.3, 0.4) is 0 Å². The average Bonchev–Trinajstić information content (AvgIpc) is 2.57. The van der Waals surface area contributed by atoms with Crippen molar-refractivity contribution in [1.82, 2.24) is 0 Å². The predicted octanol–water partition coefficient (Wildman–Crippen LogP) is 4.63. The van der Waals surface area contributed by atoms with Crippen molar-refractivity contribution in [3.63, 3.8) is 0 Å². The topological polar surface area (TPSA) is 66.8 Å². The third-order valence-corrected chi connectivity index (χ3v) is 3.85. The predicted molar refractivity (Wildman–Crippen MR) is 95.6 cm³/mol. The number of rotatable bonds is 6. The smallest absolute Gasteiger partial charge is 0.336 e. The Kier molecular flexibility index (Phi) is 5.88. The van der Waals surface area contributed by atoms with E-state index < -0.39 is 5.97 Å². The molecule has 0 spiro atoms. The van der Waals surface area contributed by atoms with Crippen molar-refractivity contribution in [2.75, 3.05) is 6.61 Å². The molecule has 0 saturated heterocycles. The monoisotopic (exact) mass is 346 g/mol. The van der Waals surface area contributed by atoms with E-state index in [9.17, 15) is 15.0 Å². The van der Waals surface area contributed by atoms with Crippen LogP contribution in [0, 0.1) is 0 Å².